The van der Waals surface area contributed by atoms with Gasteiger partial charge in [0.05, 0.1) is 0 Å². The van der Waals surface area contributed by atoms with Crippen LogP contribution in [0.25, 0.3) is 0 Å². The van der Waals surface area contributed by atoms with Crippen LogP contribution in [0.4, 0.5) is 0 Å². The van der Waals surface area contributed by atoms with Crippen molar-refractivity contribution in [1.82, 2.24) is 0 Å². The van der Waals surface area contributed by atoms with Gasteiger partial charge in [-0.2, -0.15) is 0 Å². The van der Waals surface area contributed by atoms with Gasteiger partial charge in [0.1, 0.15) is 0 Å². The third-order valence-electron chi connectivity index (χ3n) is 3.93. The minimum atomic E-state index is -0.303. The van der Waals surface area contributed by atoms with Crippen molar-refractivity contribution < 1.29 is 19.1 Å². The minimum absolute atomic E-state index is 0.296. The number of carbonyl (C=O) groups is 2. The lowest BCUT2D eigenvalue weighted by atomic mass is 10.1. The van der Waals surface area contributed by atoms with Crippen molar-refractivity contribution in [2.24, 2.45) is 0 Å². The largest absolute Gasteiger partial charge is 0.423 e. The first-order chi connectivity index (χ1) is 12.1. The second-order valence-corrected chi connectivity index (χ2v) is 6.39. The highest BCUT2D eigenvalue weighted by molar-refractivity contribution is 5.76. The Morgan fingerprint density at radius 3 is 1.96 bits per heavy atom. The summed E-state index contributed by atoms with van der Waals surface area (Å²) in [5.41, 5.74) is 1.10. The highest BCUT2D eigenvalue weighted by Gasteiger charge is 2.14. The van der Waals surface area contributed by atoms with E-state index in [0.717, 1.165) is 31.2 Å². The highest BCUT2D eigenvalue weighted by atomic mass is 16.6. The zero-order valence-electron chi connectivity index (χ0n) is 15.9. The third kappa shape index (κ3) is 8.71. The quantitative estimate of drug-likeness (QED) is 0.280. The molecule has 1 aromatic rings. The molecule has 0 N–H and O–H groups in total. The lowest BCUT2D eigenvalue weighted by Crippen LogP contribution is -2.12. The number of carbonyl (C=O) groups excluding carboxylic acids is 2. The van der Waals surface area contributed by atoms with Crippen LogP contribution in [-0.4, -0.2) is 11.9 Å². The zero-order valence-corrected chi connectivity index (χ0v) is 15.9. The van der Waals surface area contributed by atoms with Gasteiger partial charge in [0, 0.05) is 12.8 Å². The second kappa shape index (κ2) is 12.5. The average molecular weight is 348 g/mol. The first kappa shape index (κ1) is 21.2. The molecule has 0 amide bonds. The molecule has 25 heavy (non-hydrogen) atoms. The molecule has 0 spiro atoms. The Bertz CT molecular complexity index is 537. The van der Waals surface area contributed by atoms with Gasteiger partial charge in [-0.3, -0.25) is 9.59 Å². The van der Waals surface area contributed by atoms with E-state index >= 15 is 0 Å². The fourth-order valence-corrected chi connectivity index (χ4v) is 2.56. The van der Waals surface area contributed by atoms with Gasteiger partial charge in [0.2, 0.25) is 0 Å². The zero-order chi connectivity index (χ0) is 18.5. The predicted molar refractivity (Wildman–Crippen MR) is 100.0 cm³/mol. The molecule has 0 heterocycles. The molecule has 0 aromatic heterocycles. The summed E-state index contributed by atoms with van der Waals surface area (Å²) < 4.78 is 10.8. The Morgan fingerprint density at radius 2 is 1.36 bits per heavy atom. The molecule has 1 rings (SSSR count). The lowest BCUT2D eigenvalue weighted by Gasteiger charge is -2.12. The van der Waals surface area contributed by atoms with Crippen LogP contribution in [0.5, 0.6) is 11.5 Å². The molecule has 0 atom stereocenters. The van der Waals surface area contributed by atoms with Crippen LogP contribution in [0.1, 0.15) is 84.1 Å². The molecule has 0 unspecified atom stereocenters. The van der Waals surface area contributed by atoms with E-state index in [9.17, 15) is 9.59 Å². The van der Waals surface area contributed by atoms with Crippen molar-refractivity contribution in [3.63, 3.8) is 0 Å². The molecular formula is C21H32O4. The number of hydrogen-bond acceptors (Lipinski definition) is 4. The molecule has 0 aliphatic carbocycles. The van der Waals surface area contributed by atoms with Crippen molar-refractivity contribution in [1.29, 1.82) is 0 Å². The van der Waals surface area contributed by atoms with Crippen LogP contribution < -0.4 is 9.47 Å². The van der Waals surface area contributed by atoms with E-state index in [1.165, 1.54) is 25.7 Å². The van der Waals surface area contributed by atoms with E-state index in [1.807, 2.05) is 26.0 Å². The summed E-state index contributed by atoms with van der Waals surface area (Å²) >= 11 is 0. The van der Waals surface area contributed by atoms with Gasteiger partial charge in [-0.15, -0.1) is 0 Å². The normalized spacial score (nSPS) is 10.5. The fourth-order valence-electron chi connectivity index (χ4n) is 2.56. The molecule has 140 valence electrons. The van der Waals surface area contributed by atoms with Gasteiger partial charge in [-0.25, -0.2) is 0 Å². The van der Waals surface area contributed by atoms with E-state index < -0.39 is 0 Å². The summed E-state index contributed by atoms with van der Waals surface area (Å²) in [7, 11) is 0. The molecule has 0 bridgehead atoms. The lowest BCUT2D eigenvalue weighted by molar-refractivity contribution is -0.137. The van der Waals surface area contributed by atoms with Crippen LogP contribution in [0.15, 0.2) is 18.2 Å². The molecule has 4 nitrogen and oxygen atoms in total. The van der Waals surface area contributed by atoms with Gasteiger partial charge in [0.15, 0.2) is 11.5 Å². The molecule has 0 saturated carbocycles. The van der Waals surface area contributed by atoms with Crippen molar-refractivity contribution in [2.45, 2.75) is 85.0 Å². The summed E-state index contributed by atoms with van der Waals surface area (Å²) in [5, 5.41) is 0. The maximum Gasteiger partial charge on any atom is 0.311 e. The summed E-state index contributed by atoms with van der Waals surface area (Å²) in [6, 6.07) is 5.52. The molecule has 0 saturated heterocycles. The maximum absolute atomic E-state index is 11.9. The van der Waals surface area contributed by atoms with Gasteiger partial charge in [-0.1, -0.05) is 52.5 Å². The number of unbranched alkanes of at least 4 members (excludes halogenated alkanes) is 4. The number of hydrogen-bond donors (Lipinski definition) is 0. The van der Waals surface area contributed by atoms with Crippen molar-refractivity contribution in [2.75, 3.05) is 0 Å². The molecular weight excluding hydrogens is 316 g/mol. The van der Waals surface area contributed by atoms with Gasteiger partial charge in [0.25, 0.3) is 0 Å². The summed E-state index contributed by atoms with van der Waals surface area (Å²) in [5.74, 6) is 0.0876. The van der Waals surface area contributed by atoms with E-state index in [0.29, 0.717) is 24.3 Å². The predicted octanol–water partition coefficient (Wildman–Crippen LogP) is 5.61. The number of esters is 2. The Hall–Kier alpha value is -1.84. The van der Waals surface area contributed by atoms with Gasteiger partial charge < -0.3 is 9.47 Å². The summed E-state index contributed by atoms with van der Waals surface area (Å²) in [6.45, 7) is 6.05. The minimum Gasteiger partial charge on any atom is -0.423 e. The average Bonchev–Trinajstić information content (AvgIpc) is 2.57. The first-order valence-corrected chi connectivity index (χ1v) is 9.64. The monoisotopic (exact) mass is 348 g/mol. The van der Waals surface area contributed by atoms with Crippen molar-refractivity contribution in [3.8, 4) is 11.5 Å². The number of aryl methyl sites for hydroxylation is 1. The van der Waals surface area contributed by atoms with Crippen LogP contribution in [0.3, 0.4) is 0 Å². The topological polar surface area (TPSA) is 52.6 Å². The Labute approximate surface area is 151 Å². The standard InChI is InChI=1S/C21H32O4/c1-4-7-8-9-10-13-17-14-15-18(24-20(22)11-5-2)19(16-17)25-21(23)12-6-3/h14-16H,4-13H2,1-3H3. The van der Waals surface area contributed by atoms with Crippen LogP contribution >= 0.6 is 0 Å². The van der Waals surface area contributed by atoms with Gasteiger partial charge >= 0.3 is 11.9 Å². The smallest absolute Gasteiger partial charge is 0.311 e. The second-order valence-electron chi connectivity index (χ2n) is 6.39. The SMILES string of the molecule is CCCCCCCc1ccc(OC(=O)CCC)c(OC(=O)CCC)c1. The molecule has 4 heteroatoms. The van der Waals surface area contributed by atoms with Gasteiger partial charge in [-0.05, 0) is 43.4 Å². The number of ether oxygens (including phenoxy) is 2. The Morgan fingerprint density at radius 1 is 0.760 bits per heavy atom. The summed E-state index contributed by atoms with van der Waals surface area (Å²) in [6.07, 6.45) is 9.14. The van der Waals surface area contributed by atoms with Crippen LogP contribution in [0.2, 0.25) is 0 Å². The van der Waals surface area contributed by atoms with Crippen LogP contribution in [0, 0.1) is 0 Å². The number of rotatable bonds is 12. The van der Waals surface area contributed by atoms with Crippen LogP contribution in [-0.2, 0) is 16.0 Å². The molecule has 0 aliphatic heterocycles. The molecule has 0 aliphatic rings. The van der Waals surface area contributed by atoms with E-state index in [2.05, 4.69) is 6.92 Å². The van der Waals surface area contributed by atoms with E-state index in [1.54, 1.807) is 6.07 Å². The Balaban J connectivity index is 2.78. The Kier molecular flexibility index (Phi) is 10.6. The maximum atomic E-state index is 11.9. The third-order valence-corrected chi connectivity index (χ3v) is 3.93. The first-order valence-electron chi connectivity index (χ1n) is 9.64. The molecule has 0 fully saturated rings. The molecule has 1 aromatic carbocycles. The molecule has 0 radical (unpaired) electrons. The summed E-state index contributed by atoms with van der Waals surface area (Å²) in [4.78, 5) is 23.6. The highest BCUT2D eigenvalue weighted by Crippen LogP contribution is 2.30. The van der Waals surface area contributed by atoms with E-state index in [-0.39, 0.29) is 11.9 Å². The van der Waals surface area contributed by atoms with Crippen molar-refractivity contribution in [3.05, 3.63) is 23.8 Å². The van der Waals surface area contributed by atoms with E-state index in [4.69, 9.17) is 9.47 Å². The fraction of sp³-hybridized carbons (Fsp3) is 0.619. The van der Waals surface area contributed by atoms with Crippen molar-refractivity contribution >= 4 is 11.9 Å². The number of benzene rings is 1.